The topological polar surface area (TPSA) is 45.1 Å². The van der Waals surface area contributed by atoms with Crippen molar-refractivity contribution < 1.29 is 14.0 Å². The predicted molar refractivity (Wildman–Crippen MR) is 306 cm³/mol. The maximum absolute atomic E-state index is 7.05. The Bertz CT molecular complexity index is 4130. The van der Waals surface area contributed by atoms with Crippen molar-refractivity contribution in [1.82, 2.24) is 14.1 Å². The Morgan fingerprint density at radius 2 is 1.23 bits per heavy atom. The standard InChI is InChI=1S/C66H51BN4O2Si/c1-66(2,3)45-36-37-68-63(38-45)71-55-34-30-46(67-53-24-12-14-27-59(53)73-60-28-15-13-25-54(60)67)39-52(55)51-33-31-47(40-57(51)71)72-48-32-35-61-58(41-48)70-42-69(56-26-17-29-62(65(56)70)74(61,4)5)64-49(43-18-8-6-9-19-43)22-16-23-50(64)44-20-10-7-11-21-44/h6-41H,1-5H3. The molecular formula is C66H51BN4O2Si. The fraction of sp³-hybridized carbons (Fsp3) is 0.0909. The SMILES string of the molecule is CC(C)(C)c1ccnc(-n2c3ccc(B4c5ccccc5Oc5ccccc54)cc3c3ccc(Oc4ccc5c(c4)-n4[c-][n+](-c6c(-c7ccccc7)cccc6-c6ccccc6)c6cccc(c64)[Si]5(C)C)cc32)c1. The minimum atomic E-state index is -2.22. The fourth-order valence-corrected chi connectivity index (χ4v) is 14.8. The molecular weight excluding hydrogens is 920 g/mol. The van der Waals surface area contributed by atoms with Crippen molar-refractivity contribution in [2.75, 3.05) is 0 Å². The third-order valence-corrected chi connectivity index (χ3v) is 19.0. The number of nitrogens with zero attached hydrogens (tertiary/aromatic N) is 4. The van der Waals surface area contributed by atoms with E-state index in [1.54, 1.807) is 0 Å². The second-order valence-electron chi connectivity index (χ2n) is 21.3. The summed E-state index contributed by atoms with van der Waals surface area (Å²) in [6.45, 7) is 11.7. The highest BCUT2D eigenvalue weighted by Gasteiger charge is 2.38. The minimum absolute atomic E-state index is 0.00527. The van der Waals surface area contributed by atoms with Crippen LogP contribution < -0.4 is 40.8 Å². The van der Waals surface area contributed by atoms with Crippen molar-refractivity contribution in [3.63, 3.8) is 0 Å². The first-order chi connectivity index (χ1) is 36.1. The van der Waals surface area contributed by atoms with Crippen LogP contribution in [-0.2, 0) is 5.41 Å². The van der Waals surface area contributed by atoms with Crippen molar-refractivity contribution in [2.24, 2.45) is 0 Å². The Labute approximate surface area is 432 Å². The summed E-state index contributed by atoms with van der Waals surface area (Å²) in [5.41, 5.74) is 15.9. The molecule has 3 aromatic heterocycles. The minimum Gasteiger partial charge on any atom is -0.458 e. The molecule has 5 heterocycles. The number of rotatable bonds is 7. The van der Waals surface area contributed by atoms with E-state index < -0.39 is 8.07 Å². The van der Waals surface area contributed by atoms with Crippen molar-refractivity contribution in [1.29, 1.82) is 0 Å². The Balaban J connectivity index is 0.920. The molecule has 8 heteroatoms. The molecule has 0 N–H and O–H groups in total. The van der Waals surface area contributed by atoms with E-state index in [4.69, 9.17) is 14.5 Å². The van der Waals surface area contributed by atoms with E-state index >= 15 is 0 Å². The highest BCUT2D eigenvalue weighted by Crippen LogP contribution is 2.39. The van der Waals surface area contributed by atoms with E-state index in [9.17, 15) is 0 Å². The summed E-state index contributed by atoms with van der Waals surface area (Å²) >= 11 is 0. The average molecular weight is 971 g/mol. The summed E-state index contributed by atoms with van der Waals surface area (Å²) in [6, 6.07) is 76.2. The Hall–Kier alpha value is -8.72. The summed E-state index contributed by atoms with van der Waals surface area (Å²) in [5.74, 6) is 4.16. The summed E-state index contributed by atoms with van der Waals surface area (Å²) in [4.78, 5) is 5.05. The second-order valence-corrected chi connectivity index (χ2v) is 25.7. The van der Waals surface area contributed by atoms with Gasteiger partial charge in [-0.1, -0.05) is 191 Å². The smallest absolute Gasteiger partial charge is 0.269 e. The molecule has 12 aromatic rings. The van der Waals surface area contributed by atoms with Crippen LogP contribution in [0.5, 0.6) is 23.0 Å². The van der Waals surface area contributed by atoms with Crippen LogP contribution in [0.2, 0.25) is 13.1 Å². The zero-order valence-electron chi connectivity index (χ0n) is 42.0. The third-order valence-electron chi connectivity index (χ3n) is 15.5. The third kappa shape index (κ3) is 6.92. The molecule has 9 aromatic carbocycles. The molecule has 0 unspecified atom stereocenters. The lowest BCUT2D eigenvalue weighted by atomic mass is 9.36. The van der Waals surface area contributed by atoms with Crippen LogP contribution in [0, 0.1) is 6.33 Å². The van der Waals surface area contributed by atoms with E-state index in [0.29, 0.717) is 0 Å². The van der Waals surface area contributed by atoms with E-state index in [0.717, 1.165) is 101 Å². The fourth-order valence-electron chi connectivity index (χ4n) is 11.8. The Kier molecular flexibility index (Phi) is 9.91. The van der Waals surface area contributed by atoms with Crippen molar-refractivity contribution in [3.05, 3.63) is 230 Å². The summed E-state index contributed by atoms with van der Waals surface area (Å²) in [7, 11) is -2.22. The van der Waals surface area contributed by atoms with Gasteiger partial charge in [-0.15, -0.1) is 0 Å². The molecule has 74 heavy (non-hydrogen) atoms. The summed E-state index contributed by atoms with van der Waals surface area (Å²) in [6.07, 6.45) is 5.90. The van der Waals surface area contributed by atoms with Gasteiger partial charge in [0.2, 0.25) is 0 Å². The van der Waals surface area contributed by atoms with Crippen LogP contribution in [-0.4, -0.2) is 28.9 Å². The van der Waals surface area contributed by atoms with E-state index in [2.05, 4.69) is 254 Å². The molecule has 14 rings (SSSR count). The van der Waals surface area contributed by atoms with Crippen LogP contribution in [0.15, 0.2) is 219 Å². The number of aromatic nitrogens is 4. The average Bonchev–Trinajstić information content (AvgIpc) is 4.04. The number of hydrogen-bond acceptors (Lipinski definition) is 3. The quantitative estimate of drug-likeness (QED) is 0.0908. The van der Waals surface area contributed by atoms with Crippen molar-refractivity contribution >= 4 is 74.4 Å². The van der Waals surface area contributed by atoms with Gasteiger partial charge in [-0.2, -0.15) is 0 Å². The van der Waals surface area contributed by atoms with E-state index in [1.165, 1.54) is 26.9 Å². The van der Waals surface area contributed by atoms with Gasteiger partial charge in [-0.3, -0.25) is 13.7 Å². The molecule has 0 bridgehead atoms. The lowest BCUT2D eigenvalue weighted by molar-refractivity contribution is -0.571. The predicted octanol–water partition coefficient (Wildman–Crippen LogP) is 12.4. The van der Waals surface area contributed by atoms with Gasteiger partial charge in [0.25, 0.3) is 13.0 Å². The number of para-hydroxylation sites is 4. The van der Waals surface area contributed by atoms with Gasteiger partial charge >= 0.3 is 0 Å². The summed E-state index contributed by atoms with van der Waals surface area (Å²) < 4.78 is 20.4. The van der Waals surface area contributed by atoms with Gasteiger partial charge in [0.05, 0.1) is 33.4 Å². The first-order valence-corrected chi connectivity index (χ1v) is 28.6. The molecule has 2 aliphatic rings. The highest BCUT2D eigenvalue weighted by atomic mass is 28.3. The molecule has 0 aliphatic carbocycles. The molecule has 0 saturated heterocycles. The number of benzene rings is 9. The molecule has 0 radical (unpaired) electrons. The van der Waals surface area contributed by atoms with Gasteiger partial charge in [0, 0.05) is 23.0 Å². The van der Waals surface area contributed by atoms with Crippen LogP contribution in [0.1, 0.15) is 26.3 Å². The van der Waals surface area contributed by atoms with Gasteiger partial charge in [0.15, 0.2) is 0 Å². The van der Waals surface area contributed by atoms with Gasteiger partial charge < -0.3 is 9.47 Å². The molecule has 2 aliphatic heterocycles. The van der Waals surface area contributed by atoms with Crippen molar-refractivity contribution in [3.8, 4) is 62.4 Å². The number of ether oxygens (including phenoxy) is 2. The van der Waals surface area contributed by atoms with Crippen molar-refractivity contribution in [2.45, 2.75) is 39.3 Å². The van der Waals surface area contributed by atoms with Gasteiger partial charge in [0.1, 0.15) is 36.9 Å². The number of fused-ring (bicyclic) bond motifs is 7. The molecule has 0 spiro atoms. The molecule has 0 atom stereocenters. The Morgan fingerprint density at radius 3 is 1.93 bits per heavy atom. The monoisotopic (exact) mass is 970 g/mol. The zero-order chi connectivity index (χ0) is 49.9. The molecule has 6 nitrogen and oxygen atoms in total. The van der Waals surface area contributed by atoms with Crippen LogP contribution in [0.3, 0.4) is 0 Å². The first kappa shape index (κ1) is 44.0. The lowest BCUT2D eigenvalue weighted by Crippen LogP contribution is -2.57. The molecule has 0 amide bonds. The molecule has 354 valence electrons. The largest absolute Gasteiger partial charge is 0.458 e. The maximum Gasteiger partial charge on any atom is 0.269 e. The van der Waals surface area contributed by atoms with E-state index in [-0.39, 0.29) is 12.1 Å². The van der Waals surface area contributed by atoms with Crippen LogP contribution in [0.25, 0.3) is 72.3 Å². The second kappa shape index (κ2) is 16.7. The highest BCUT2D eigenvalue weighted by molar-refractivity contribution is 7.02. The number of imidazole rings is 1. The lowest BCUT2D eigenvalue weighted by Gasteiger charge is -2.32. The summed E-state index contributed by atoms with van der Waals surface area (Å²) in [5, 5.41) is 5.01. The normalized spacial score (nSPS) is 13.4. The molecule has 0 saturated carbocycles. The number of hydrogen-bond donors (Lipinski definition) is 0. The van der Waals surface area contributed by atoms with E-state index in [1.807, 2.05) is 18.3 Å². The van der Waals surface area contributed by atoms with Crippen LogP contribution in [0.4, 0.5) is 0 Å². The first-order valence-electron chi connectivity index (χ1n) is 25.6. The van der Waals surface area contributed by atoms with Gasteiger partial charge in [-0.05, 0) is 109 Å². The van der Waals surface area contributed by atoms with Crippen LogP contribution >= 0.6 is 0 Å². The maximum atomic E-state index is 7.05. The number of pyridine rings is 1. The molecule has 0 fully saturated rings. The van der Waals surface area contributed by atoms with Gasteiger partial charge in [-0.25, -0.2) is 4.98 Å². The zero-order valence-corrected chi connectivity index (χ0v) is 43.0. The Morgan fingerprint density at radius 1 is 0.581 bits per heavy atom.